The molecule has 3 amide bonds. The number of urea groups is 1. The molecule has 77 heavy (non-hydrogen) atoms. The maximum Gasteiger partial charge on any atom is 0.425 e. The van der Waals surface area contributed by atoms with E-state index >= 15 is 0 Å². The van der Waals surface area contributed by atoms with E-state index in [-0.39, 0.29) is 29.6 Å². The van der Waals surface area contributed by atoms with E-state index in [4.69, 9.17) is 22.5 Å². The van der Waals surface area contributed by atoms with Crippen LogP contribution in [-0.4, -0.2) is 99.8 Å². The van der Waals surface area contributed by atoms with E-state index in [9.17, 15) is 34.2 Å². The summed E-state index contributed by atoms with van der Waals surface area (Å²) in [5, 5.41) is 35.0. The van der Waals surface area contributed by atoms with Gasteiger partial charge >= 0.3 is 34.5 Å². The zero-order valence-corrected chi connectivity index (χ0v) is 45.8. The van der Waals surface area contributed by atoms with Crippen LogP contribution in [0.1, 0.15) is 142 Å². The van der Waals surface area contributed by atoms with Crippen LogP contribution < -0.4 is 25.6 Å². The number of nitrogens with zero attached hydrogens (tertiary/aromatic N) is 2. The first-order valence-corrected chi connectivity index (χ1v) is 27.7. The summed E-state index contributed by atoms with van der Waals surface area (Å²) in [5.74, 6) is -2.30. The van der Waals surface area contributed by atoms with Crippen molar-refractivity contribution in [2.45, 2.75) is 154 Å². The van der Waals surface area contributed by atoms with Gasteiger partial charge in [-0.05, 0) is 125 Å². The second-order valence-electron chi connectivity index (χ2n) is 20.6. The molecule has 2 heterocycles. The molecule has 0 spiro atoms. The van der Waals surface area contributed by atoms with Crippen LogP contribution in [0.3, 0.4) is 0 Å². The molecule has 0 radical (unpaired) electrons. The number of hydrogen-bond acceptors (Lipinski definition) is 10. The van der Waals surface area contributed by atoms with Crippen molar-refractivity contribution in [1.29, 1.82) is 0 Å². The second-order valence-corrected chi connectivity index (χ2v) is 21.0. The molecule has 0 fully saturated rings. The van der Waals surface area contributed by atoms with Crippen molar-refractivity contribution in [3.8, 4) is 5.75 Å². The molecule has 0 saturated carbocycles. The summed E-state index contributed by atoms with van der Waals surface area (Å²) in [7, 11) is -3.11. The lowest BCUT2D eigenvalue weighted by Gasteiger charge is -2.27. The molecule has 17 nitrogen and oxygen atoms in total. The molecule has 6 N–H and O–H groups in total. The first-order chi connectivity index (χ1) is 36.8. The molecule has 0 bridgehead atoms. The maximum atomic E-state index is 12.8. The lowest BCUT2D eigenvalue weighted by Crippen LogP contribution is -2.51. The quantitative estimate of drug-likeness (QED) is 0.0308. The molecule has 6 rings (SSSR count). The minimum absolute atomic E-state index is 0.0552. The SMILES string of the molecule is CCCCC[N+]1=C(C=CC2=C(Oc3ccccc3)C(=CC=C3N(CCCCCC(=O)NCCCC[C@H](NC(=O)N[C@@H](CCC(=O)O)C(=O)O)C(=O)O)c4ccccc4C3(C)C)CCC2)C(C)(C)c2ccccc21.O=S(=O)=O. The predicted molar refractivity (Wildman–Crippen MR) is 295 cm³/mol. The van der Waals surface area contributed by atoms with E-state index in [0.717, 1.165) is 63.1 Å². The van der Waals surface area contributed by atoms with Crippen LogP contribution in [0, 0.1) is 0 Å². The van der Waals surface area contributed by atoms with Crippen molar-refractivity contribution in [3.63, 3.8) is 0 Å². The number of fused-ring (bicyclic) bond motifs is 2. The number of para-hydroxylation sites is 3. The molecule has 18 heteroatoms. The van der Waals surface area contributed by atoms with Crippen molar-refractivity contribution in [2.75, 3.05) is 24.5 Å². The Morgan fingerprint density at radius 2 is 1.36 bits per heavy atom. The number of carboxylic acid groups (broad SMARTS) is 3. The van der Waals surface area contributed by atoms with Crippen LogP contribution >= 0.6 is 0 Å². The van der Waals surface area contributed by atoms with Gasteiger partial charge in [-0.3, -0.25) is 9.59 Å². The predicted octanol–water partition coefficient (Wildman–Crippen LogP) is 9.85. The fraction of sp³-hybridized carbons (Fsp3) is 0.458. The molecular weight excluding hydrogens is 1000 g/mol. The van der Waals surface area contributed by atoms with Crippen LogP contribution in [0.25, 0.3) is 0 Å². The zero-order chi connectivity index (χ0) is 56.1. The highest BCUT2D eigenvalue weighted by Gasteiger charge is 2.44. The molecule has 0 aromatic heterocycles. The summed E-state index contributed by atoms with van der Waals surface area (Å²) in [6.45, 7) is 13.6. The minimum Gasteiger partial charge on any atom is -0.481 e. The third kappa shape index (κ3) is 17.3. The average Bonchev–Trinajstić information content (AvgIpc) is 3.87. The van der Waals surface area contributed by atoms with E-state index < -0.39 is 53.1 Å². The maximum absolute atomic E-state index is 12.8. The van der Waals surface area contributed by atoms with Crippen LogP contribution in [0.4, 0.5) is 16.2 Å². The Labute approximate surface area is 453 Å². The van der Waals surface area contributed by atoms with E-state index in [1.54, 1.807) is 0 Å². The van der Waals surface area contributed by atoms with E-state index in [2.05, 4.69) is 133 Å². The highest BCUT2D eigenvalue weighted by atomic mass is 32.2. The van der Waals surface area contributed by atoms with Gasteiger partial charge in [0, 0.05) is 66.9 Å². The smallest absolute Gasteiger partial charge is 0.425 e. The van der Waals surface area contributed by atoms with Crippen LogP contribution in [0.5, 0.6) is 5.75 Å². The summed E-state index contributed by atoms with van der Waals surface area (Å²) in [6, 6.07) is 23.7. The molecule has 3 aromatic carbocycles. The molecular formula is C59H76N5O12S+. The molecule has 3 aliphatic rings. The Bertz CT molecular complexity index is 2850. The van der Waals surface area contributed by atoms with Gasteiger partial charge in [0.1, 0.15) is 30.1 Å². The van der Waals surface area contributed by atoms with Gasteiger partial charge in [0.2, 0.25) is 11.6 Å². The minimum atomic E-state index is -3.11. The Morgan fingerprint density at radius 3 is 2.04 bits per heavy atom. The summed E-state index contributed by atoms with van der Waals surface area (Å²) in [4.78, 5) is 61.6. The highest BCUT2D eigenvalue weighted by molar-refractivity contribution is 7.59. The van der Waals surface area contributed by atoms with Crippen LogP contribution in [-0.2, 0) is 40.6 Å². The summed E-state index contributed by atoms with van der Waals surface area (Å²) in [5.41, 5.74) is 9.61. The number of anilines is 1. The molecule has 0 saturated heterocycles. The van der Waals surface area contributed by atoms with E-state index in [1.165, 1.54) is 57.9 Å². The van der Waals surface area contributed by atoms with Gasteiger partial charge < -0.3 is 40.9 Å². The lowest BCUT2D eigenvalue weighted by molar-refractivity contribution is -0.438. The molecule has 2 atom stereocenters. The first kappa shape index (κ1) is 60.5. The number of carbonyl (C=O) groups is 5. The van der Waals surface area contributed by atoms with Gasteiger partial charge in [-0.15, -0.1) is 12.6 Å². The Hall–Kier alpha value is -7.34. The molecule has 0 unspecified atom stereocenters. The number of rotatable bonds is 27. The standard InChI is InChI=1S/C59H75N5O9.O3S/c1-6-7-19-39-63-48-29-15-13-26-44(48)58(2,3)50(63)35-32-41-22-21-23-42(54(41)73-43-24-10-8-11-25-43)33-36-51-59(4,5)45-27-14-16-30-49(45)64(51)40-20-9-12-31-52(65)60-38-18-17-28-46(55(68)69)61-57(72)62-47(56(70)71)34-37-53(66)67;1-4(2)3/h8,10-11,13-16,24-27,29-30,32-33,35-36,46-47H,6-7,9,12,17-23,28,31,34,37-40H2,1-5H3,(H5-,60,61,62,65,66,67,68,69,70,71,72);/p+1/t46-,47-;/m0./s1. The molecule has 414 valence electrons. The number of ether oxygens (including phenoxy) is 1. The number of carbonyl (C=O) groups excluding carboxylic acids is 2. The Morgan fingerprint density at radius 1 is 0.714 bits per heavy atom. The first-order valence-electron chi connectivity index (χ1n) is 26.7. The third-order valence-electron chi connectivity index (χ3n) is 14.3. The van der Waals surface area contributed by atoms with Crippen molar-refractivity contribution in [2.24, 2.45) is 0 Å². The molecule has 1 aliphatic carbocycles. The number of nitrogens with one attached hydrogen (secondary N) is 3. The van der Waals surface area contributed by atoms with Crippen LogP contribution in [0.2, 0.25) is 0 Å². The number of carboxylic acids is 3. The van der Waals surface area contributed by atoms with Gasteiger partial charge in [0.15, 0.2) is 5.71 Å². The fourth-order valence-electron chi connectivity index (χ4n) is 10.3. The zero-order valence-electron chi connectivity index (χ0n) is 45.0. The number of aliphatic carboxylic acids is 3. The van der Waals surface area contributed by atoms with E-state index in [0.29, 0.717) is 32.2 Å². The third-order valence-corrected chi connectivity index (χ3v) is 14.3. The van der Waals surface area contributed by atoms with Gasteiger partial charge in [-0.25, -0.2) is 14.4 Å². The number of unbranched alkanes of at least 4 members (excludes halogenated alkanes) is 5. The van der Waals surface area contributed by atoms with Crippen molar-refractivity contribution in [1.82, 2.24) is 16.0 Å². The number of amides is 3. The summed E-state index contributed by atoms with van der Waals surface area (Å²) >= 11 is 0. The van der Waals surface area contributed by atoms with Crippen LogP contribution in [0.15, 0.2) is 126 Å². The van der Waals surface area contributed by atoms with Gasteiger partial charge in [-0.1, -0.05) is 94.3 Å². The summed E-state index contributed by atoms with van der Waals surface area (Å²) in [6.07, 6.45) is 18.4. The van der Waals surface area contributed by atoms with Gasteiger partial charge in [0.05, 0.1) is 5.41 Å². The fourth-order valence-corrected chi connectivity index (χ4v) is 10.3. The second kappa shape index (κ2) is 29.3. The number of allylic oxidation sites excluding steroid dienone is 7. The topological polar surface area (TPSA) is 249 Å². The van der Waals surface area contributed by atoms with Gasteiger partial charge in [0.25, 0.3) is 0 Å². The van der Waals surface area contributed by atoms with Gasteiger partial charge in [-0.2, -0.15) is 4.58 Å². The molecule has 3 aromatic rings. The Kier molecular flexibility index (Phi) is 23.0. The largest absolute Gasteiger partial charge is 0.481 e. The number of hydrogen-bond donors (Lipinski definition) is 6. The van der Waals surface area contributed by atoms with Crippen molar-refractivity contribution < 1.29 is 61.2 Å². The lowest BCUT2D eigenvalue weighted by atomic mass is 9.81. The number of benzene rings is 3. The monoisotopic (exact) mass is 1080 g/mol. The summed E-state index contributed by atoms with van der Waals surface area (Å²) < 4.78 is 34.7. The average molecular weight is 1080 g/mol. The Balaban J connectivity index is 0.00000264. The highest BCUT2D eigenvalue weighted by Crippen LogP contribution is 2.48. The van der Waals surface area contributed by atoms with Crippen molar-refractivity contribution >= 4 is 57.5 Å². The van der Waals surface area contributed by atoms with Crippen molar-refractivity contribution in [3.05, 3.63) is 137 Å². The van der Waals surface area contributed by atoms with E-state index in [1.807, 2.05) is 30.3 Å². The molecule has 2 aliphatic heterocycles. The normalized spacial score (nSPS) is 17.0.